The highest BCUT2D eigenvalue weighted by Gasteiger charge is 2.07. The van der Waals surface area contributed by atoms with Crippen LogP contribution in [0.4, 0.5) is 0 Å². The molecule has 0 aliphatic rings. The monoisotopic (exact) mass is 454 g/mol. The van der Waals surface area contributed by atoms with E-state index in [1.54, 1.807) is 37.5 Å². The molecule has 0 radical (unpaired) electrons. The van der Waals surface area contributed by atoms with Gasteiger partial charge in [-0.2, -0.15) is 0 Å². The fourth-order valence-electron chi connectivity index (χ4n) is 1.93. The summed E-state index contributed by atoms with van der Waals surface area (Å²) >= 11 is 6.70. The molecule has 0 spiro atoms. The first kappa shape index (κ1) is 18.5. The van der Waals surface area contributed by atoms with Crippen LogP contribution in [-0.4, -0.2) is 19.7 Å². The molecule has 0 fully saturated rings. The van der Waals surface area contributed by atoms with Gasteiger partial charge in [0, 0.05) is 10.5 Å². The molecule has 4 nitrogen and oxygen atoms in total. The van der Waals surface area contributed by atoms with Gasteiger partial charge in [-0.25, -0.2) is 4.79 Å². The molecule has 0 aliphatic heterocycles. The minimum atomic E-state index is -0.467. The number of hydrogen-bond acceptors (Lipinski definition) is 4. The molecule has 0 saturated heterocycles. The summed E-state index contributed by atoms with van der Waals surface area (Å²) in [7, 11) is 1.57. The summed E-state index contributed by atoms with van der Waals surface area (Å²) in [6, 6.07) is 10.8. The standard InChI is InChI=1S/C18H16Br2O4/c1-3-23-16-7-4-12(10-17(16)22-2)5-9-18(21)24-15-8-6-13(19)11-14(15)20/h4-11H,3H2,1-2H3/b9-5+. The Morgan fingerprint density at radius 1 is 1.08 bits per heavy atom. The van der Waals surface area contributed by atoms with Crippen LogP contribution in [0.3, 0.4) is 0 Å². The Morgan fingerprint density at radius 2 is 1.83 bits per heavy atom. The van der Waals surface area contributed by atoms with Gasteiger partial charge in [0.05, 0.1) is 18.2 Å². The second-order valence-corrected chi connectivity index (χ2v) is 6.44. The van der Waals surface area contributed by atoms with E-state index in [4.69, 9.17) is 14.2 Å². The molecule has 24 heavy (non-hydrogen) atoms. The molecule has 0 N–H and O–H groups in total. The summed E-state index contributed by atoms with van der Waals surface area (Å²) in [6.45, 7) is 2.46. The molecule has 0 aromatic heterocycles. The number of carbonyl (C=O) groups excluding carboxylic acids is 1. The molecule has 0 bridgehead atoms. The lowest BCUT2D eigenvalue weighted by atomic mass is 10.2. The average molecular weight is 456 g/mol. The van der Waals surface area contributed by atoms with Gasteiger partial charge in [-0.15, -0.1) is 0 Å². The predicted molar refractivity (Wildman–Crippen MR) is 101 cm³/mol. The Hall–Kier alpha value is -1.79. The molecule has 2 aromatic carbocycles. The van der Waals surface area contributed by atoms with Gasteiger partial charge in [0.2, 0.25) is 0 Å². The fourth-order valence-corrected chi connectivity index (χ4v) is 3.06. The fraction of sp³-hybridized carbons (Fsp3) is 0.167. The molecule has 2 rings (SSSR count). The van der Waals surface area contributed by atoms with E-state index < -0.39 is 5.97 Å². The van der Waals surface area contributed by atoms with Crippen molar-refractivity contribution in [2.24, 2.45) is 0 Å². The second-order valence-electron chi connectivity index (χ2n) is 4.67. The Balaban J connectivity index is 2.08. The third-order valence-corrected chi connectivity index (χ3v) is 4.12. The highest BCUT2D eigenvalue weighted by molar-refractivity contribution is 9.11. The lowest BCUT2D eigenvalue weighted by Gasteiger charge is -2.09. The molecule has 126 valence electrons. The zero-order chi connectivity index (χ0) is 17.5. The van der Waals surface area contributed by atoms with Crippen molar-refractivity contribution in [3.05, 3.63) is 57.0 Å². The predicted octanol–water partition coefficient (Wildman–Crippen LogP) is 5.24. The minimum Gasteiger partial charge on any atom is -0.493 e. The maximum Gasteiger partial charge on any atom is 0.336 e. The van der Waals surface area contributed by atoms with Crippen LogP contribution in [0.5, 0.6) is 17.2 Å². The summed E-state index contributed by atoms with van der Waals surface area (Å²) in [6.07, 6.45) is 3.02. The Bertz CT molecular complexity index is 757. The van der Waals surface area contributed by atoms with Crippen molar-refractivity contribution in [1.82, 2.24) is 0 Å². The van der Waals surface area contributed by atoms with E-state index in [1.807, 2.05) is 19.1 Å². The van der Waals surface area contributed by atoms with E-state index in [-0.39, 0.29) is 0 Å². The van der Waals surface area contributed by atoms with Crippen LogP contribution in [0.25, 0.3) is 6.08 Å². The molecule has 0 heterocycles. The van der Waals surface area contributed by atoms with Crippen LogP contribution >= 0.6 is 31.9 Å². The molecular formula is C18H16Br2O4. The topological polar surface area (TPSA) is 44.8 Å². The molecular weight excluding hydrogens is 440 g/mol. The van der Waals surface area contributed by atoms with Crippen LogP contribution < -0.4 is 14.2 Å². The highest BCUT2D eigenvalue weighted by Crippen LogP contribution is 2.29. The summed E-state index contributed by atoms with van der Waals surface area (Å²) in [5.41, 5.74) is 0.808. The molecule has 6 heteroatoms. The molecule has 0 unspecified atom stereocenters. The van der Waals surface area contributed by atoms with Gasteiger partial charge in [0.15, 0.2) is 11.5 Å². The molecule has 0 aliphatic carbocycles. The molecule has 2 aromatic rings. The van der Waals surface area contributed by atoms with Crippen molar-refractivity contribution in [2.75, 3.05) is 13.7 Å². The Kier molecular flexibility index (Phi) is 6.87. The van der Waals surface area contributed by atoms with Gasteiger partial charge in [0.25, 0.3) is 0 Å². The van der Waals surface area contributed by atoms with Crippen molar-refractivity contribution >= 4 is 43.9 Å². The summed E-state index contributed by atoms with van der Waals surface area (Å²) in [4.78, 5) is 11.9. The third-order valence-electron chi connectivity index (χ3n) is 3.00. The van der Waals surface area contributed by atoms with Crippen LogP contribution in [0, 0.1) is 0 Å². The average Bonchev–Trinajstić information content (AvgIpc) is 2.56. The maximum absolute atomic E-state index is 11.9. The largest absolute Gasteiger partial charge is 0.493 e. The number of carbonyl (C=O) groups is 1. The van der Waals surface area contributed by atoms with E-state index in [9.17, 15) is 4.79 Å². The van der Waals surface area contributed by atoms with Gasteiger partial charge in [-0.05, 0) is 64.8 Å². The first-order chi connectivity index (χ1) is 11.5. The maximum atomic E-state index is 11.9. The zero-order valence-electron chi connectivity index (χ0n) is 13.2. The lowest BCUT2D eigenvalue weighted by molar-refractivity contribution is -0.128. The van der Waals surface area contributed by atoms with E-state index >= 15 is 0 Å². The first-order valence-corrected chi connectivity index (χ1v) is 8.78. The second kappa shape index (κ2) is 8.89. The van der Waals surface area contributed by atoms with Crippen molar-refractivity contribution in [3.8, 4) is 17.2 Å². The molecule has 0 atom stereocenters. The molecule has 0 amide bonds. The number of halogens is 2. The van der Waals surface area contributed by atoms with Gasteiger partial charge in [-0.1, -0.05) is 22.0 Å². The van der Waals surface area contributed by atoms with E-state index in [1.165, 1.54) is 6.08 Å². The number of ether oxygens (including phenoxy) is 3. The number of methoxy groups -OCH3 is 1. The number of hydrogen-bond donors (Lipinski definition) is 0. The number of rotatable bonds is 6. The van der Waals surface area contributed by atoms with Crippen molar-refractivity contribution in [3.63, 3.8) is 0 Å². The van der Waals surface area contributed by atoms with Crippen molar-refractivity contribution in [1.29, 1.82) is 0 Å². The SMILES string of the molecule is CCOc1ccc(/C=C/C(=O)Oc2ccc(Br)cc2Br)cc1OC. The van der Waals surface area contributed by atoms with Gasteiger partial charge >= 0.3 is 5.97 Å². The summed E-state index contributed by atoms with van der Waals surface area (Å²) in [5.74, 6) is 1.27. The first-order valence-electron chi connectivity index (χ1n) is 7.19. The minimum absolute atomic E-state index is 0.456. The van der Waals surface area contributed by atoms with Gasteiger partial charge in [-0.3, -0.25) is 0 Å². The quantitative estimate of drug-likeness (QED) is 0.339. The smallest absolute Gasteiger partial charge is 0.336 e. The third kappa shape index (κ3) is 5.11. The Labute approximate surface area is 157 Å². The van der Waals surface area contributed by atoms with E-state index in [0.29, 0.717) is 28.3 Å². The van der Waals surface area contributed by atoms with Crippen LogP contribution in [0.15, 0.2) is 51.4 Å². The van der Waals surface area contributed by atoms with Crippen LogP contribution in [-0.2, 0) is 4.79 Å². The van der Waals surface area contributed by atoms with Crippen molar-refractivity contribution < 1.29 is 19.0 Å². The summed E-state index contributed by atoms with van der Waals surface area (Å²) < 4.78 is 17.6. The molecule has 0 saturated carbocycles. The van der Waals surface area contributed by atoms with Crippen molar-refractivity contribution in [2.45, 2.75) is 6.92 Å². The van der Waals surface area contributed by atoms with Gasteiger partial charge < -0.3 is 14.2 Å². The van der Waals surface area contributed by atoms with Crippen LogP contribution in [0.1, 0.15) is 12.5 Å². The lowest BCUT2D eigenvalue weighted by Crippen LogP contribution is -2.04. The normalized spacial score (nSPS) is 10.7. The number of esters is 1. The summed E-state index contributed by atoms with van der Waals surface area (Å²) in [5, 5.41) is 0. The van der Waals surface area contributed by atoms with E-state index in [2.05, 4.69) is 31.9 Å². The van der Waals surface area contributed by atoms with Crippen LogP contribution in [0.2, 0.25) is 0 Å². The van der Waals surface area contributed by atoms with Gasteiger partial charge in [0.1, 0.15) is 5.75 Å². The highest BCUT2D eigenvalue weighted by atomic mass is 79.9. The number of benzene rings is 2. The Morgan fingerprint density at radius 3 is 2.50 bits per heavy atom. The zero-order valence-corrected chi connectivity index (χ0v) is 16.4. The van der Waals surface area contributed by atoms with E-state index in [0.717, 1.165) is 10.0 Å².